The van der Waals surface area contributed by atoms with Gasteiger partial charge in [0.05, 0.1) is 13.0 Å². The summed E-state index contributed by atoms with van der Waals surface area (Å²) in [5.41, 5.74) is 3.40. The van der Waals surface area contributed by atoms with E-state index in [1.165, 1.54) is 9.80 Å². The first kappa shape index (κ1) is 25.8. The zero-order valence-electron chi connectivity index (χ0n) is 20.5. The average Bonchev–Trinajstić information content (AvgIpc) is 2.72. The number of carbonyl (C=O) groups excluding carboxylic acids is 4. The smallest absolute Gasteiger partial charge is 0.288 e. The number of rotatable bonds is 7. The number of carbonyl (C=O) groups is 4. The topological polar surface area (TPSA) is 86.8 Å². The van der Waals surface area contributed by atoms with Gasteiger partial charge in [-0.1, -0.05) is 24.3 Å². The Hall–Kier alpha value is -3.48. The van der Waals surface area contributed by atoms with Crippen molar-refractivity contribution in [2.45, 2.75) is 53.1 Å². The fourth-order valence-corrected chi connectivity index (χ4v) is 3.20. The molecule has 0 radical (unpaired) electrons. The number of hydrogen-bond donors (Lipinski definition) is 1. The third-order valence-electron chi connectivity index (χ3n) is 5.08. The summed E-state index contributed by atoms with van der Waals surface area (Å²) in [6.45, 7) is 9.48. The first-order valence-corrected chi connectivity index (χ1v) is 10.8. The van der Waals surface area contributed by atoms with E-state index in [2.05, 4.69) is 5.32 Å². The molecule has 0 aliphatic carbocycles. The molecule has 0 aliphatic heterocycles. The number of nitrogens with zero attached hydrogens (tertiary/aromatic N) is 2. The lowest BCUT2D eigenvalue weighted by molar-refractivity contribution is -0.140. The lowest BCUT2D eigenvalue weighted by atomic mass is 10.0. The molecular formula is C26H33N3O4. The van der Waals surface area contributed by atoms with Crippen molar-refractivity contribution in [1.82, 2.24) is 10.2 Å². The first-order valence-electron chi connectivity index (χ1n) is 10.8. The second-order valence-corrected chi connectivity index (χ2v) is 9.45. The van der Waals surface area contributed by atoms with Crippen LogP contribution in [0.3, 0.4) is 0 Å². The molecule has 0 bridgehead atoms. The van der Waals surface area contributed by atoms with Crippen LogP contribution >= 0.6 is 0 Å². The average molecular weight is 452 g/mol. The minimum atomic E-state index is -0.805. The van der Waals surface area contributed by atoms with Gasteiger partial charge in [-0.3, -0.25) is 19.2 Å². The van der Waals surface area contributed by atoms with Crippen molar-refractivity contribution in [2.24, 2.45) is 0 Å². The fraction of sp³-hybridized carbons (Fsp3) is 0.385. The summed E-state index contributed by atoms with van der Waals surface area (Å²) in [5, 5.41) is 2.59. The van der Waals surface area contributed by atoms with Crippen molar-refractivity contribution in [3.63, 3.8) is 0 Å². The summed E-state index contributed by atoms with van der Waals surface area (Å²) in [4.78, 5) is 53.3. The third-order valence-corrected chi connectivity index (χ3v) is 5.08. The Bertz CT molecular complexity index is 1070. The van der Waals surface area contributed by atoms with Gasteiger partial charge in [0.1, 0.15) is 0 Å². The maximum Gasteiger partial charge on any atom is 0.288 e. The minimum absolute atomic E-state index is 0.198. The number of nitrogens with one attached hydrogen (secondary N) is 1. The molecule has 1 N–H and O–H groups in total. The minimum Gasteiger partial charge on any atom is -0.345 e. The second-order valence-electron chi connectivity index (χ2n) is 9.45. The van der Waals surface area contributed by atoms with Crippen molar-refractivity contribution in [3.8, 4) is 0 Å². The predicted octanol–water partition coefficient (Wildman–Crippen LogP) is 3.41. The van der Waals surface area contributed by atoms with E-state index in [4.69, 9.17) is 0 Å². The standard InChI is InChI=1S/C26H33N3O4/c1-17-11-12-19(13-18(17)2)16-29(21-10-8-9-20(14-21)25(33)28(6)7)23(31)15-22(30)24(32)27-26(3,4)5/h8-14H,15-16H2,1-7H3,(H,27,32). The number of hydrogen-bond acceptors (Lipinski definition) is 4. The van der Waals surface area contributed by atoms with Gasteiger partial charge in [-0.2, -0.15) is 0 Å². The van der Waals surface area contributed by atoms with Gasteiger partial charge >= 0.3 is 0 Å². The van der Waals surface area contributed by atoms with Crippen molar-refractivity contribution in [1.29, 1.82) is 0 Å². The molecule has 7 heteroatoms. The number of anilines is 1. The molecule has 0 aromatic heterocycles. The lowest BCUT2D eigenvalue weighted by Crippen LogP contribution is -2.45. The highest BCUT2D eigenvalue weighted by molar-refractivity contribution is 6.40. The highest BCUT2D eigenvalue weighted by atomic mass is 16.2. The van der Waals surface area contributed by atoms with E-state index in [1.807, 2.05) is 32.0 Å². The number of amides is 3. The Balaban J connectivity index is 2.38. The SMILES string of the molecule is Cc1ccc(CN(C(=O)CC(=O)C(=O)NC(C)(C)C)c2cccc(C(=O)N(C)C)c2)cc1C. The number of ketones is 1. The van der Waals surface area contributed by atoms with Crippen LogP contribution in [0.4, 0.5) is 5.69 Å². The summed E-state index contributed by atoms with van der Waals surface area (Å²) in [7, 11) is 3.30. The van der Waals surface area contributed by atoms with Crippen LogP contribution in [0.15, 0.2) is 42.5 Å². The van der Waals surface area contributed by atoms with Gasteiger partial charge in [-0.05, 0) is 69.5 Å². The van der Waals surface area contributed by atoms with Gasteiger partial charge in [-0.15, -0.1) is 0 Å². The van der Waals surface area contributed by atoms with Gasteiger partial charge in [0, 0.05) is 30.9 Å². The van der Waals surface area contributed by atoms with Crippen LogP contribution in [0.5, 0.6) is 0 Å². The molecule has 0 saturated carbocycles. The van der Waals surface area contributed by atoms with E-state index in [0.717, 1.165) is 16.7 Å². The van der Waals surface area contributed by atoms with Crippen LogP contribution in [0.2, 0.25) is 0 Å². The zero-order chi connectivity index (χ0) is 24.9. The van der Waals surface area contributed by atoms with Crippen LogP contribution in [0.25, 0.3) is 0 Å². The summed E-state index contributed by atoms with van der Waals surface area (Å²) < 4.78 is 0. The van der Waals surface area contributed by atoms with Gasteiger partial charge in [0.25, 0.3) is 11.8 Å². The summed E-state index contributed by atoms with van der Waals surface area (Å²) in [6.07, 6.45) is -0.571. The Labute approximate surface area is 195 Å². The van der Waals surface area contributed by atoms with Crippen LogP contribution in [-0.4, -0.2) is 48.0 Å². The zero-order valence-corrected chi connectivity index (χ0v) is 20.5. The van der Waals surface area contributed by atoms with E-state index >= 15 is 0 Å². The van der Waals surface area contributed by atoms with Crippen molar-refractivity contribution in [3.05, 3.63) is 64.7 Å². The maximum atomic E-state index is 13.2. The van der Waals surface area contributed by atoms with Crippen LogP contribution in [0, 0.1) is 13.8 Å². The van der Waals surface area contributed by atoms with Crippen molar-refractivity contribution in [2.75, 3.05) is 19.0 Å². The molecule has 0 heterocycles. The molecule has 33 heavy (non-hydrogen) atoms. The quantitative estimate of drug-likeness (QED) is 0.516. The Morgan fingerprint density at radius 3 is 2.15 bits per heavy atom. The normalized spacial score (nSPS) is 11.0. The molecule has 176 valence electrons. The largest absolute Gasteiger partial charge is 0.345 e. The molecule has 0 spiro atoms. The van der Waals surface area contributed by atoms with E-state index in [-0.39, 0.29) is 12.5 Å². The molecule has 2 aromatic carbocycles. The van der Waals surface area contributed by atoms with Crippen LogP contribution in [-0.2, 0) is 20.9 Å². The fourth-order valence-electron chi connectivity index (χ4n) is 3.20. The van der Waals surface area contributed by atoms with Gasteiger partial charge in [-0.25, -0.2) is 0 Å². The highest BCUT2D eigenvalue weighted by Crippen LogP contribution is 2.22. The molecule has 0 atom stereocenters. The molecule has 0 aliphatic rings. The van der Waals surface area contributed by atoms with Gasteiger partial charge in [0.15, 0.2) is 0 Å². The molecule has 0 unspecified atom stereocenters. The predicted molar refractivity (Wildman–Crippen MR) is 129 cm³/mol. The monoisotopic (exact) mass is 451 g/mol. The van der Waals surface area contributed by atoms with E-state index in [9.17, 15) is 19.2 Å². The van der Waals surface area contributed by atoms with E-state index < -0.39 is 29.6 Å². The Kier molecular flexibility index (Phi) is 8.14. The molecule has 0 fully saturated rings. The number of aryl methyl sites for hydroxylation is 2. The van der Waals surface area contributed by atoms with Crippen LogP contribution in [0.1, 0.15) is 54.2 Å². The number of Topliss-reactive ketones (excluding diaryl/α,β-unsaturated/α-hetero) is 1. The second kappa shape index (κ2) is 10.4. The highest BCUT2D eigenvalue weighted by Gasteiger charge is 2.26. The van der Waals surface area contributed by atoms with E-state index in [0.29, 0.717) is 11.3 Å². The van der Waals surface area contributed by atoms with Gasteiger partial charge < -0.3 is 15.1 Å². The molecule has 7 nitrogen and oxygen atoms in total. The lowest BCUT2D eigenvalue weighted by Gasteiger charge is -2.25. The maximum absolute atomic E-state index is 13.2. The molecule has 2 aromatic rings. The Morgan fingerprint density at radius 1 is 0.909 bits per heavy atom. The summed E-state index contributed by atoms with van der Waals surface area (Å²) >= 11 is 0. The summed E-state index contributed by atoms with van der Waals surface area (Å²) in [5.74, 6) is -2.31. The molecular weight excluding hydrogens is 418 g/mol. The third kappa shape index (κ3) is 7.27. The first-order chi connectivity index (χ1) is 15.3. The summed E-state index contributed by atoms with van der Waals surface area (Å²) in [6, 6.07) is 12.6. The van der Waals surface area contributed by atoms with Gasteiger partial charge in [0.2, 0.25) is 11.7 Å². The van der Waals surface area contributed by atoms with Crippen LogP contribution < -0.4 is 10.2 Å². The Morgan fingerprint density at radius 2 is 1.58 bits per heavy atom. The van der Waals surface area contributed by atoms with E-state index in [1.54, 1.807) is 59.1 Å². The molecule has 3 amide bonds. The number of benzene rings is 2. The van der Waals surface area contributed by atoms with Crippen molar-refractivity contribution < 1.29 is 19.2 Å². The molecule has 2 rings (SSSR count). The van der Waals surface area contributed by atoms with Crippen molar-refractivity contribution >= 4 is 29.2 Å². The molecule has 0 saturated heterocycles.